The molecule has 0 amide bonds. The van der Waals surface area contributed by atoms with E-state index in [1.807, 2.05) is 13.8 Å². The van der Waals surface area contributed by atoms with E-state index in [1.54, 1.807) is 27.7 Å². The molecule has 0 bridgehead atoms. The molecule has 2 rings (SSSR count). The minimum Gasteiger partial charge on any atom is -0.361 e. The lowest BCUT2D eigenvalue weighted by Gasteiger charge is -2.14. The van der Waals surface area contributed by atoms with Crippen LogP contribution in [0.25, 0.3) is 5.57 Å². The molecule has 0 aliphatic carbocycles. The van der Waals surface area contributed by atoms with Crippen LogP contribution in [0, 0.1) is 24.0 Å². The van der Waals surface area contributed by atoms with Gasteiger partial charge in [-0.25, -0.2) is 4.68 Å². The second kappa shape index (κ2) is 9.01. The van der Waals surface area contributed by atoms with E-state index in [9.17, 15) is 23.3 Å². The van der Waals surface area contributed by atoms with Crippen LogP contribution < -0.4 is 4.18 Å². The molecular weight excluding hydrogens is 422 g/mol. The summed E-state index contributed by atoms with van der Waals surface area (Å²) in [4.78, 5) is 24.6. The van der Waals surface area contributed by atoms with Crippen molar-refractivity contribution in [3.05, 3.63) is 55.8 Å². The van der Waals surface area contributed by atoms with Crippen molar-refractivity contribution in [2.24, 2.45) is 0 Å². The summed E-state index contributed by atoms with van der Waals surface area (Å²) in [5.74, 6) is -0.923. The number of nitro groups is 1. The van der Waals surface area contributed by atoms with E-state index in [-0.39, 0.29) is 28.4 Å². The predicted molar refractivity (Wildman–Crippen MR) is 118 cm³/mol. The highest BCUT2D eigenvalue weighted by molar-refractivity contribution is 7.87. The predicted octanol–water partition coefficient (Wildman–Crippen LogP) is 4.20. The number of hydrogen-bond donors (Lipinski definition) is 0. The molecule has 1 heterocycles. The van der Waals surface area contributed by atoms with Gasteiger partial charge in [-0.3, -0.25) is 14.9 Å². The summed E-state index contributed by atoms with van der Waals surface area (Å²) in [5.41, 5.74) is 2.85. The molecule has 0 fully saturated rings. The van der Waals surface area contributed by atoms with E-state index in [1.165, 1.54) is 23.7 Å². The fraction of sp³-hybridized carbons (Fsp3) is 0.429. The average molecular weight is 450 g/mol. The quantitative estimate of drug-likeness (QED) is 0.256. The van der Waals surface area contributed by atoms with Crippen molar-refractivity contribution in [1.29, 1.82) is 0 Å². The summed E-state index contributed by atoms with van der Waals surface area (Å²) in [6.07, 6.45) is 0. The van der Waals surface area contributed by atoms with Crippen LogP contribution in [-0.4, -0.2) is 34.7 Å². The largest absolute Gasteiger partial charge is 0.361 e. The first kappa shape index (κ1) is 24.3. The van der Waals surface area contributed by atoms with Gasteiger partial charge in [-0.15, -0.1) is 0 Å². The summed E-state index contributed by atoms with van der Waals surface area (Å²) in [6.45, 7) is 12.2. The Kier molecular flexibility index (Phi) is 7.05. The van der Waals surface area contributed by atoms with Gasteiger partial charge in [0, 0.05) is 18.2 Å². The minimum absolute atomic E-state index is 0.0247. The maximum Gasteiger partial charge on any atom is 0.310 e. The Bertz CT molecular complexity index is 1190. The zero-order valence-electron chi connectivity index (χ0n) is 18.8. The van der Waals surface area contributed by atoms with Gasteiger partial charge in [0.1, 0.15) is 5.56 Å². The van der Waals surface area contributed by atoms with Crippen LogP contribution in [0.3, 0.4) is 0 Å². The fourth-order valence-corrected chi connectivity index (χ4v) is 3.78. The van der Waals surface area contributed by atoms with Crippen LogP contribution in [0.2, 0.25) is 0 Å². The number of hydrogen-bond acceptors (Lipinski definition) is 7. The van der Waals surface area contributed by atoms with Crippen molar-refractivity contribution in [2.75, 3.05) is 5.75 Å². The van der Waals surface area contributed by atoms with Gasteiger partial charge in [0.25, 0.3) is 5.69 Å². The molecule has 1 aromatic heterocycles. The van der Waals surface area contributed by atoms with Gasteiger partial charge < -0.3 is 4.18 Å². The molecule has 9 nitrogen and oxygen atoms in total. The van der Waals surface area contributed by atoms with Gasteiger partial charge in [0.15, 0.2) is 0 Å². The maximum atomic E-state index is 13.5. The highest BCUT2D eigenvalue weighted by Gasteiger charge is 2.30. The molecule has 0 radical (unpaired) electrons. The Hall–Kier alpha value is -3.01. The van der Waals surface area contributed by atoms with Gasteiger partial charge in [-0.05, 0) is 65.7 Å². The van der Waals surface area contributed by atoms with Gasteiger partial charge in [-0.1, -0.05) is 5.57 Å². The van der Waals surface area contributed by atoms with Gasteiger partial charge in [-0.2, -0.15) is 13.5 Å². The molecule has 10 heteroatoms. The lowest BCUT2D eigenvalue weighted by atomic mass is 9.90. The molecule has 168 valence electrons. The second-order valence-electron chi connectivity index (χ2n) is 7.35. The number of carbonyl (C=O) groups is 1. The van der Waals surface area contributed by atoms with Gasteiger partial charge in [0.2, 0.25) is 11.7 Å². The number of nitrogens with zero attached hydrogens (tertiary/aromatic N) is 3. The first-order chi connectivity index (χ1) is 14.4. The highest BCUT2D eigenvalue weighted by atomic mass is 32.2. The topological polar surface area (TPSA) is 121 Å². The number of ketones is 1. The number of aromatic nitrogens is 2. The van der Waals surface area contributed by atoms with Crippen molar-refractivity contribution in [1.82, 2.24) is 9.78 Å². The van der Waals surface area contributed by atoms with E-state index in [4.69, 9.17) is 4.18 Å². The molecule has 0 saturated carbocycles. The lowest BCUT2D eigenvalue weighted by Crippen LogP contribution is -2.17. The van der Waals surface area contributed by atoms with E-state index in [0.29, 0.717) is 28.9 Å². The van der Waals surface area contributed by atoms with Crippen molar-refractivity contribution in [2.45, 2.75) is 55.0 Å². The molecule has 0 aliphatic heterocycles. The Morgan fingerprint density at radius 3 is 2.26 bits per heavy atom. The number of nitro benzene ring substituents is 1. The second-order valence-corrected chi connectivity index (χ2v) is 9.21. The van der Waals surface area contributed by atoms with Crippen molar-refractivity contribution in [3.63, 3.8) is 0 Å². The van der Waals surface area contributed by atoms with Crippen molar-refractivity contribution in [3.8, 4) is 5.88 Å². The molecule has 0 unspecified atom stereocenters. The number of allylic oxidation sites excluding steroid dienone is 2. The van der Waals surface area contributed by atoms with Gasteiger partial charge >= 0.3 is 10.1 Å². The lowest BCUT2D eigenvalue weighted by molar-refractivity contribution is -0.385. The fourth-order valence-electron chi connectivity index (χ4n) is 3.25. The maximum absolute atomic E-state index is 13.5. The monoisotopic (exact) mass is 449 g/mol. The summed E-state index contributed by atoms with van der Waals surface area (Å²) in [5, 5.41) is 15.8. The number of aryl methyl sites for hydroxylation is 2. The van der Waals surface area contributed by atoms with Crippen LogP contribution in [0.5, 0.6) is 5.88 Å². The first-order valence-corrected chi connectivity index (χ1v) is 11.4. The average Bonchev–Trinajstić information content (AvgIpc) is 3.00. The summed E-state index contributed by atoms with van der Waals surface area (Å²) >= 11 is 0. The molecule has 1 aromatic carbocycles. The SMILES string of the molecule is CCn1nc(C)c(C(=O)c2ccc([N+](=O)[O-])c(C(C)=C(C)C)c2C)c1OS(=O)(=O)CC. The third-order valence-corrected chi connectivity index (χ3v) is 6.30. The smallest absolute Gasteiger partial charge is 0.310 e. The summed E-state index contributed by atoms with van der Waals surface area (Å²) in [7, 11) is -3.90. The Labute approximate surface area is 182 Å². The summed E-state index contributed by atoms with van der Waals surface area (Å²) in [6, 6.07) is 2.68. The molecule has 2 aromatic rings. The third kappa shape index (κ3) is 4.68. The molecular formula is C21H27N3O6S. The zero-order valence-corrected chi connectivity index (χ0v) is 19.6. The van der Waals surface area contributed by atoms with E-state index < -0.39 is 20.8 Å². The number of benzene rings is 1. The van der Waals surface area contributed by atoms with Crippen LogP contribution in [0.1, 0.15) is 67.4 Å². The molecule has 0 aliphatic rings. The standard InChI is InChI=1S/C21H27N3O6S/c1-8-23-21(30-31(28,29)9-2)19(15(7)22-23)20(25)16-10-11-17(24(26)27)18(14(16)6)13(5)12(3)4/h10-11H,8-9H2,1-7H3. The van der Waals surface area contributed by atoms with Crippen LogP contribution >= 0.6 is 0 Å². The van der Waals surface area contributed by atoms with E-state index in [0.717, 1.165) is 5.57 Å². The summed E-state index contributed by atoms with van der Waals surface area (Å²) < 4.78 is 30.8. The molecule has 0 atom stereocenters. The zero-order chi connectivity index (χ0) is 23.7. The molecule has 0 N–H and O–H groups in total. The molecule has 0 saturated heterocycles. The Morgan fingerprint density at radius 2 is 1.77 bits per heavy atom. The number of rotatable bonds is 8. The first-order valence-electron chi connectivity index (χ1n) is 9.82. The van der Waals surface area contributed by atoms with Crippen LogP contribution in [0.15, 0.2) is 17.7 Å². The molecule has 0 spiro atoms. The minimum atomic E-state index is -3.90. The van der Waals surface area contributed by atoms with Crippen molar-refractivity contribution < 1.29 is 22.3 Å². The van der Waals surface area contributed by atoms with Crippen LogP contribution in [-0.2, 0) is 16.7 Å². The molecule has 31 heavy (non-hydrogen) atoms. The van der Waals surface area contributed by atoms with Gasteiger partial charge in [0.05, 0.1) is 21.9 Å². The van der Waals surface area contributed by atoms with E-state index >= 15 is 0 Å². The van der Waals surface area contributed by atoms with Crippen LogP contribution in [0.4, 0.5) is 5.69 Å². The Morgan fingerprint density at radius 1 is 1.16 bits per heavy atom. The number of carbonyl (C=O) groups excluding carboxylic acids is 1. The Balaban J connectivity index is 2.79. The van der Waals surface area contributed by atoms with Crippen molar-refractivity contribution >= 4 is 27.2 Å². The van der Waals surface area contributed by atoms with E-state index in [2.05, 4.69) is 5.10 Å². The highest BCUT2D eigenvalue weighted by Crippen LogP contribution is 2.35. The third-order valence-electron chi connectivity index (χ3n) is 5.18. The normalized spacial score (nSPS) is 11.3.